The SMILES string of the molecule is Cc1ccc(-c2csc(/C=C/c3cn(-c4ccccc4)nc3-c3ccc4c(c3)OCCO4)n2)cc1. The number of aromatic nitrogens is 3. The molecule has 0 amide bonds. The molecule has 0 atom stereocenters. The third-order valence-corrected chi connectivity index (χ3v) is 6.66. The minimum atomic E-state index is 0.551. The zero-order valence-corrected chi connectivity index (χ0v) is 20.0. The van der Waals surface area contributed by atoms with Gasteiger partial charge in [0, 0.05) is 28.3 Å². The Labute approximate surface area is 207 Å². The van der Waals surface area contributed by atoms with Crippen molar-refractivity contribution < 1.29 is 9.47 Å². The number of hydrogen-bond donors (Lipinski definition) is 0. The van der Waals surface area contributed by atoms with Gasteiger partial charge in [0.05, 0.1) is 11.4 Å². The van der Waals surface area contributed by atoms with Crippen LogP contribution in [0.2, 0.25) is 0 Å². The maximum atomic E-state index is 5.81. The van der Waals surface area contributed by atoms with Crippen LogP contribution >= 0.6 is 11.3 Å². The Morgan fingerprint density at radius 2 is 1.63 bits per heavy atom. The number of fused-ring (bicyclic) bond motifs is 1. The van der Waals surface area contributed by atoms with E-state index in [0.717, 1.165) is 50.3 Å². The van der Waals surface area contributed by atoms with Gasteiger partial charge < -0.3 is 9.47 Å². The van der Waals surface area contributed by atoms with Gasteiger partial charge in [-0.1, -0.05) is 48.0 Å². The molecule has 5 aromatic rings. The first-order chi connectivity index (χ1) is 17.2. The van der Waals surface area contributed by atoms with Crippen LogP contribution in [0.3, 0.4) is 0 Å². The van der Waals surface area contributed by atoms with Gasteiger partial charge in [-0.05, 0) is 49.4 Å². The summed E-state index contributed by atoms with van der Waals surface area (Å²) in [6, 6.07) is 24.6. The van der Waals surface area contributed by atoms with E-state index in [1.807, 2.05) is 59.4 Å². The number of aryl methyl sites for hydroxylation is 1. The Morgan fingerprint density at radius 3 is 2.46 bits per heavy atom. The molecule has 1 aliphatic heterocycles. The summed E-state index contributed by atoms with van der Waals surface area (Å²) in [5.41, 5.74) is 7.20. The summed E-state index contributed by atoms with van der Waals surface area (Å²) in [5, 5.41) is 7.97. The van der Waals surface area contributed by atoms with Gasteiger partial charge in [-0.3, -0.25) is 0 Å². The first kappa shape index (κ1) is 21.4. The minimum Gasteiger partial charge on any atom is -0.486 e. The Morgan fingerprint density at radius 1 is 0.857 bits per heavy atom. The highest BCUT2D eigenvalue weighted by Gasteiger charge is 2.16. The number of thiazole rings is 1. The van der Waals surface area contributed by atoms with E-state index in [0.29, 0.717) is 13.2 Å². The van der Waals surface area contributed by atoms with Crippen LogP contribution < -0.4 is 9.47 Å². The van der Waals surface area contributed by atoms with Crippen molar-refractivity contribution >= 4 is 23.5 Å². The molecular formula is C29H23N3O2S. The van der Waals surface area contributed by atoms with Crippen molar-refractivity contribution in [2.45, 2.75) is 6.92 Å². The van der Waals surface area contributed by atoms with Crippen molar-refractivity contribution in [3.63, 3.8) is 0 Å². The van der Waals surface area contributed by atoms with Gasteiger partial charge in [0.25, 0.3) is 0 Å². The monoisotopic (exact) mass is 477 g/mol. The van der Waals surface area contributed by atoms with Crippen LogP contribution in [-0.2, 0) is 0 Å². The molecule has 6 rings (SSSR count). The first-order valence-electron chi connectivity index (χ1n) is 11.5. The third kappa shape index (κ3) is 4.48. The van der Waals surface area contributed by atoms with E-state index in [-0.39, 0.29) is 0 Å². The van der Waals surface area contributed by atoms with Crippen molar-refractivity contribution in [2.75, 3.05) is 13.2 Å². The molecule has 0 saturated carbocycles. The molecule has 0 fully saturated rings. The van der Waals surface area contributed by atoms with E-state index in [4.69, 9.17) is 19.6 Å². The fourth-order valence-corrected chi connectivity index (χ4v) is 4.74. The predicted molar refractivity (Wildman–Crippen MR) is 141 cm³/mol. The maximum Gasteiger partial charge on any atom is 0.162 e. The van der Waals surface area contributed by atoms with Crippen molar-refractivity contribution in [2.24, 2.45) is 0 Å². The lowest BCUT2D eigenvalue weighted by Gasteiger charge is -2.18. The summed E-state index contributed by atoms with van der Waals surface area (Å²) in [4.78, 5) is 4.82. The highest BCUT2D eigenvalue weighted by molar-refractivity contribution is 7.10. The quantitative estimate of drug-likeness (QED) is 0.276. The van der Waals surface area contributed by atoms with Crippen LogP contribution in [0.25, 0.3) is 40.4 Å². The van der Waals surface area contributed by atoms with Gasteiger partial charge in [0.1, 0.15) is 23.9 Å². The number of para-hydroxylation sites is 1. The smallest absolute Gasteiger partial charge is 0.162 e. The number of nitrogens with zero attached hydrogens (tertiary/aromatic N) is 3. The number of rotatable bonds is 5. The van der Waals surface area contributed by atoms with Gasteiger partial charge in [-0.25, -0.2) is 9.67 Å². The molecule has 0 unspecified atom stereocenters. The highest BCUT2D eigenvalue weighted by atomic mass is 32.1. The zero-order valence-electron chi connectivity index (χ0n) is 19.2. The molecule has 0 radical (unpaired) electrons. The molecule has 172 valence electrons. The van der Waals surface area contributed by atoms with Gasteiger partial charge in [0.2, 0.25) is 0 Å². The average Bonchev–Trinajstić information content (AvgIpc) is 3.56. The van der Waals surface area contributed by atoms with Crippen LogP contribution in [-0.4, -0.2) is 28.0 Å². The second kappa shape index (κ2) is 9.24. The fourth-order valence-electron chi connectivity index (χ4n) is 4.02. The lowest BCUT2D eigenvalue weighted by molar-refractivity contribution is 0.171. The number of benzene rings is 3. The summed E-state index contributed by atoms with van der Waals surface area (Å²) in [7, 11) is 0. The standard InChI is InChI=1S/C29H23N3O2S/c1-20-7-9-21(10-8-20)25-19-35-28(30-25)14-12-23-18-32(24-5-3-2-4-6-24)31-29(23)22-11-13-26-27(17-22)34-16-15-33-26/h2-14,17-19H,15-16H2,1H3/b14-12+. The van der Waals surface area contributed by atoms with Crippen LogP contribution in [0, 0.1) is 6.92 Å². The van der Waals surface area contributed by atoms with Crippen LogP contribution in [0.4, 0.5) is 0 Å². The summed E-state index contributed by atoms with van der Waals surface area (Å²) < 4.78 is 13.4. The highest BCUT2D eigenvalue weighted by Crippen LogP contribution is 2.36. The molecule has 0 bridgehead atoms. The molecule has 5 nitrogen and oxygen atoms in total. The lowest BCUT2D eigenvalue weighted by atomic mass is 10.1. The molecule has 6 heteroatoms. The number of hydrogen-bond acceptors (Lipinski definition) is 5. The topological polar surface area (TPSA) is 49.2 Å². The van der Waals surface area contributed by atoms with Gasteiger partial charge in [0.15, 0.2) is 11.5 Å². The lowest BCUT2D eigenvalue weighted by Crippen LogP contribution is -2.15. The minimum absolute atomic E-state index is 0.551. The molecule has 0 saturated heterocycles. The first-order valence-corrected chi connectivity index (χ1v) is 12.4. The molecule has 0 spiro atoms. The summed E-state index contributed by atoms with van der Waals surface area (Å²) in [6.07, 6.45) is 6.18. The molecular weight excluding hydrogens is 454 g/mol. The van der Waals surface area contributed by atoms with Crippen LogP contribution in [0.5, 0.6) is 11.5 Å². The van der Waals surface area contributed by atoms with E-state index in [2.05, 4.69) is 48.7 Å². The molecule has 3 aromatic carbocycles. The van der Waals surface area contributed by atoms with Crippen LogP contribution in [0.15, 0.2) is 84.4 Å². The second-order valence-corrected chi connectivity index (χ2v) is 9.23. The van der Waals surface area contributed by atoms with E-state index >= 15 is 0 Å². The Balaban J connectivity index is 1.36. The summed E-state index contributed by atoms with van der Waals surface area (Å²) in [6.45, 7) is 3.21. The van der Waals surface area contributed by atoms with E-state index in [1.54, 1.807) is 11.3 Å². The fraction of sp³-hybridized carbons (Fsp3) is 0.103. The molecule has 0 N–H and O–H groups in total. The van der Waals surface area contributed by atoms with Gasteiger partial charge in [-0.15, -0.1) is 11.3 Å². The average molecular weight is 478 g/mol. The molecule has 35 heavy (non-hydrogen) atoms. The Bertz CT molecular complexity index is 1500. The molecule has 0 aliphatic carbocycles. The van der Waals surface area contributed by atoms with Crippen molar-refractivity contribution in [3.8, 4) is 39.7 Å². The molecule has 1 aliphatic rings. The summed E-state index contributed by atoms with van der Waals surface area (Å²) >= 11 is 1.63. The predicted octanol–water partition coefficient (Wildman–Crippen LogP) is 6.91. The zero-order chi connectivity index (χ0) is 23.6. The Kier molecular flexibility index (Phi) is 5.64. The Hall–Kier alpha value is -4.16. The second-order valence-electron chi connectivity index (χ2n) is 8.34. The normalized spacial score (nSPS) is 12.8. The largest absolute Gasteiger partial charge is 0.486 e. The summed E-state index contributed by atoms with van der Waals surface area (Å²) in [5.74, 6) is 1.52. The molecule has 2 aromatic heterocycles. The van der Waals surface area contributed by atoms with E-state index < -0.39 is 0 Å². The number of ether oxygens (including phenoxy) is 2. The van der Waals surface area contributed by atoms with Crippen molar-refractivity contribution in [1.82, 2.24) is 14.8 Å². The van der Waals surface area contributed by atoms with E-state index in [1.165, 1.54) is 5.56 Å². The third-order valence-electron chi connectivity index (χ3n) is 5.85. The van der Waals surface area contributed by atoms with Crippen LogP contribution in [0.1, 0.15) is 16.1 Å². The van der Waals surface area contributed by atoms with E-state index in [9.17, 15) is 0 Å². The maximum absolute atomic E-state index is 5.81. The molecule has 3 heterocycles. The van der Waals surface area contributed by atoms with Gasteiger partial charge in [-0.2, -0.15) is 5.10 Å². The van der Waals surface area contributed by atoms with Crippen molar-refractivity contribution in [1.29, 1.82) is 0 Å². The van der Waals surface area contributed by atoms with Crippen molar-refractivity contribution in [3.05, 3.63) is 101 Å². The van der Waals surface area contributed by atoms with Gasteiger partial charge >= 0.3 is 0 Å².